The normalized spacial score (nSPS) is 40.3. The van der Waals surface area contributed by atoms with Crippen LogP contribution in [0, 0.1) is 46.3 Å². The van der Waals surface area contributed by atoms with Crippen LogP contribution in [-0.4, -0.2) is 24.3 Å². The van der Waals surface area contributed by atoms with Gasteiger partial charge in [-0.2, -0.15) is 0 Å². The highest BCUT2D eigenvalue weighted by atomic mass is 31.2. The molecule has 0 aromatic heterocycles. The number of rotatable bonds is 8. The van der Waals surface area contributed by atoms with Crippen LogP contribution in [0.5, 0.6) is 0 Å². The van der Waals surface area contributed by atoms with Gasteiger partial charge in [-0.1, -0.05) is 65.5 Å². The Morgan fingerprint density at radius 1 is 1.11 bits per heavy atom. The van der Waals surface area contributed by atoms with E-state index >= 15 is 0 Å². The molecule has 1 N–H and O–H groups in total. The molecule has 3 saturated carbocycles. The molecule has 4 rings (SSSR count). The molecule has 0 aliphatic heterocycles. The van der Waals surface area contributed by atoms with Crippen LogP contribution in [0.3, 0.4) is 0 Å². The van der Waals surface area contributed by atoms with Crippen molar-refractivity contribution in [2.45, 2.75) is 111 Å². The molecule has 0 saturated heterocycles. The number of carbonyl (C=O) groups excluding carboxylic acids is 1. The zero-order valence-corrected chi connectivity index (χ0v) is 24.2. The second kappa shape index (κ2) is 10.7. The van der Waals surface area contributed by atoms with Crippen LogP contribution in [0.2, 0.25) is 0 Å². The molecule has 0 amide bonds. The minimum atomic E-state index is -4.39. The van der Waals surface area contributed by atoms with Gasteiger partial charge in [0.05, 0.1) is 0 Å². The Morgan fingerprint density at radius 2 is 1.86 bits per heavy atom. The molecule has 6 nitrogen and oxygen atoms in total. The molecule has 7 heteroatoms. The zero-order chi connectivity index (χ0) is 26.3. The first kappa shape index (κ1) is 28.2. The maximum atomic E-state index is 12.0. The van der Waals surface area contributed by atoms with E-state index in [0.29, 0.717) is 17.8 Å². The molecule has 0 heterocycles. The second-order valence-electron chi connectivity index (χ2n) is 13.3. The molecule has 0 bridgehead atoms. The first-order valence-corrected chi connectivity index (χ1v) is 15.9. The third-order valence-corrected chi connectivity index (χ3v) is 11.8. The molecule has 0 aromatic carbocycles. The minimum Gasteiger partial charge on any atom is -0.430 e. The van der Waals surface area contributed by atoms with E-state index in [-0.39, 0.29) is 11.5 Å². The summed E-state index contributed by atoms with van der Waals surface area (Å²) in [4.78, 5) is 21.4. The average Bonchev–Trinajstić information content (AvgIpc) is 3.16. The molecule has 7 unspecified atom stereocenters. The summed E-state index contributed by atoms with van der Waals surface area (Å²) in [5.41, 5.74) is 2.05. The molecule has 0 spiro atoms. The smallest absolute Gasteiger partial charge is 0.430 e. The molecule has 4 aliphatic rings. The quantitative estimate of drug-likeness (QED) is 0.195. The van der Waals surface area contributed by atoms with Crippen molar-refractivity contribution in [2.75, 3.05) is 7.11 Å². The highest BCUT2D eigenvalue weighted by Gasteiger charge is 2.59. The lowest BCUT2D eigenvalue weighted by atomic mass is 9.47. The highest BCUT2D eigenvalue weighted by molar-refractivity contribution is 7.47. The van der Waals surface area contributed by atoms with Crippen molar-refractivity contribution in [3.05, 3.63) is 11.6 Å². The van der Waals surface area contributed by atoms with Gasteiger partial charge in [-0.15, -0.1) is 0 Å². The van der Waals surface area contributed by atoms with Crippen LogP contribution >= 0.6 is 7.82 Å². The highest BCUT2D eigenvalue weighted by Crippen LogP contribution is 2.67. The Hall–Kier alpha value is -0.840. The standard InChI is InChI=1S/C29H49O6P/c1-19(2)8-7-9-20(3)24-12-13-25-23-11-10-21-18-22(34-27(30)35-36(31,32)33-6)14-16-28(21,4)26(23)15-17-29(24,25)5/h10,19-20,22-26H,7-9,11-18H2,1-6H3,(H,31,32)/t20-,22-,23?,24?,25?,26?,28?,29?/m0/s1. The van der Waals surface area contributed by atoms with E-state index in [1.165, 1.54) is 50.5 Å². The number of hydrogen-bond acceptors (Lipinski definition) is 5. The molecule has 3 fully saturated rings. The molecule has 9 atom stereocenters. The van der Waals surface area contributed by atoms with Crippen molar-refractivity contribution in [3.63, 3.8) is 0 Å². The summed E-state index contributed by atoms with van der Waals surface area (Å²) in [6.07, 6.45) is 14.1. The fourth-order valence-corrected chi connectivity index (χ4v) is 9.35. The first-order chi connectivity index (χ1) is 16.9. The van der Waals surface area contributed by atoms with E-state index in [4.69, 9.17) is 4.74 Å². The van der Waals surface area contributed by atoms with Gasteiger partial charge in [0, 0.05) is 13.5 Å². The van der Waals surface area contributed by atoms with Gasteiger partial charge < -0.3 is 9.26 Å². The first-order valence-electron chi connectivity index (χ1n) is 14.4. The van der Waals surface area contributed by atoms with Crippen LogP contribution in [0.4, 0.5) is 4.79 Å². The summed E-state index contributed by atoms with van der Waals surface area (Å²) in [6.45, 7) is 12.3. The third-order valence-electron chi connectivity index (χ3n) is 10.9. The van der Waals surface area contributed by atoms with Crippen molar-refractivity contribution < 1.29 is 28.0 Å². The number of fused-ring (bicyclic) bond motifs is 5. The van der Waals surface area contributed by atoms with Gasteiger partial charge in [-0.3, -0.25) is 9.42 Å². The van der Waals surface area contributed by atoms with Crippen molar-refractivity contribution in [1.29, 1.82) is 0 Å². The lowest BCUT2D eigenvalue weighted by Gasteiger charge is -2.58. The van der Waals surface area contributed by atoms with E-state index < -0.39 is 14.0 Å². The summed E-state index contributed by atoms with van der Waals surface area (Å²) in [5, 5.41) is 0. The van der Waals surface area contributed by atoms with E-state index in [1.54, 1.807) is 0 Å². The SMILES string of the molecule is COP(=O)(O)OC(=O)O[C@H]1CCC2(C)C(=CCC3C2CCC2(C)C3CCC2[C@@H](C)CCCC(C)C)C1. The Morgan fingerprint density at radius 3 is 2.56 bits per heavy atom. The molecule has 0 radical (unpaired) electrons. The van der Waals surface area contributed by atoms with Crippen LogP contribution in [-0.2, 0) is 18.3 Å². The fourth-order valence-electron chi connectivity index (χ4n) is 9.04. The number of hydrogen-bond donors (Lipinski definition) is 1. The number of allylic oxidation sites excluding steroid dienone is 1. The number of phosphoric ester groups is 1. The van der Waals surface area contributed by atoms with Gasteiger partial charge >= 0.3 is 14.0 Å². The molecule has 4 aliphatic carbocycles. The Balaban J connectivity index is 1.41. The van der Waals surface area contributed by atoms with Crippen LogP contribution < -0.4 is 0 Å². The summed E-state index contributed by atoms with van der Waals surface area (Å²) >= 11 is 0. The van der Waals surface area contributed by atoms with Gasteiger partial charge in [0.15, 0.2) is 0 Å². The zero-order valence-electron chi connectivity index (χ0n) is 23.3. The van der Waals surface area contributed by atoms with Crippen molar-refractivity contribution in [3.8, 4) is 0 Å². The van der Waals surface area contributed by atoms with E-state index in [1.807, 2.05) is 0 Å². The molecule has 0 aromatic rings. The predicted octanol–water partition coefficient (Wildman–Crippen LogP) is 8.30. The van der Waals surface area contributed by atoms with Gasteiger partial charge in [0.25, 0.3) is 0 Å². The third kappa shape index (κ3) is 5.47. The average molecular weight is 525 g/mol. The minimum absolute atomic E-state index is 0.160. The second-order valence-corrected chi connectivity index (χ2v) is 14.7. The van der Waals surface area contributed by atoms with E-state index in [0.717, 1.165) is 56.0 Å². The number of carbonyl (C=O) groups is 1. The Labute approximate surface area is 218 Å². The lowest BCUT2D eigenvalue weighted by Crippen LogP contribution is -2.51. The topological polar surface area (TPSA) is 82.1 Å². The van der Waals surface area contributed by atoms with Crippen LogP contribution in [0.15, 0.2) is 11.6 Å². The summed E-state index contributed by atoms with van der Waals surface area (Å²) in [6, 6.07) is 0. The maximum absolute atomic E-state index is 12.0. The molecular formula is C29H49O6P. The van der Waals surface area contributed by atoms with Crippen molar-refractivity contribution in [1.82, 2.24) is 0 Å². The van der Waals surface area contributed by atoms with E-state index in [2.05, 4.69) is 49.7 Å². The molecule has 206 valence electrons. The number of phosphoric acid groups is 1. The van der Waals surface area contributed by atoms with Gasteiger partial charge in [-0.25, -0.2) is 9.36 Å². The van der Waals surface area contributed by atoms with Gasteiger partial charge in [0.1, 0.15) is 6.10 Å². The summed E-state index contributed by atoms with van der Waals surface area (Å²) in [7, 11) is -3.36. The van der Waals surface area contributed by atoms with Gasteiger partial charge in [-0.05, 0) is 91.3 Å². The Bertz CT molecular complexity index is 885. The van der Waals surface area contributed by atoms with E-state index in [9.17, 15) is 14.3 Å². The predicted molar refractivity (Wildman–Crippen MR) is 141 cm³/mol. The fraction of sp³-hybridized carbons (Fsp3) is 0.897. The number of ether oxygens (including phenoxy) is 1. The van der Waals surface area contributed by atoms with Crippen LogP contribution in [0.25, 0.3) is 0 Å². The van der Waals surface area contributed by atoms with Gasteiger partial charge in [0.2, 0.25) is 0 Å². The van der Waals surface area contributed by atoms with Crippen molar-refractivity contribution in [2.24, 2.45) is 46.3 Å². The monoisotopic (exact) mass is 524 g/mol. The van der Waals surface area contributed by atoms with Crippen LogP contribution in [0.1, 0.15) is 105 Å². The Kier molecular flexibility index (Phi) is 8.40. The summed E-state index contributed by atoms with van der Waals surface area (Å²) < 4.78 is 25.7. The summed E-state index contributed by atoms with van der Waals surface area (Å²) in [5.74, 6) is 4.76. The maximum Gasteiger partial charge on any atom is 0.531 e. The van der Waals surface area contributed by atoms with Crippen molar-refractivity contribution >= 4 is 14.0 Å². The molecular weight excluding hydrogens is 475 g/mol. The largest absolute Gasteiger partial charge is 0.531 e. The lowest BCUT2D eigenvalue weighted by molar-refractivity contribution is -0.0600. The molecule has 36 heavy (non-hydrogen) atoms.